The second kappa shape index (κ2) is 7.67. The minimum absolute atomic E-state index is 0.194. The normalized spacial score (nSPS) is 14.2. The van der Waals surface area contributed by atoms with Gasteiger partial charge in [0, 0.05) is 0 Å². The number of ether oxygens (including phenoxy) is 1. The number of nitrogens with one attached hydrogen (secondary N) is 1. The molecule has 1 N–H and O–H groups in total. The lowest BCUT2D eigenvalue weighted by atomic mass is 10.1. The van der Waals surface area contributed by atoms with Crippen molar-refractivity contribution in [2.24, 2.45) is 0 Å². The van der Waals surface area contributed by atoms with Crippen LogP contribution in [0.25, 0.3) is 0 Å². The molecule has 0 fully saturated rings. The zero-order valence-electron chi connectivity index (χ0n) is 13.1. The monoisotopic (exact) mass is 357 g/mol. The molecule has 1 unspecified atom stereocenters. The molecule has 0 saturated carbocycles. The van der Waals surface area contributed by atoms with Crippen molar-refractivity contribution < 1.29 is 26.9 Å². The molecule has 2 atom stereocenters. The van der Waals surface area contributed by atoms with Crippen LogP contribution < -0.4 is 4.72 Å². The Morgan fingerprint density at radius 3 is 2.54 bits per heavy atom. The van der Waals surface area contributed by atoms with E-state index in [1.807, 2.05) is 6.92 Å². The van der Waals surface area contributed by atoms with Crippen molar-refractivity contribution in [1.82, 2.24) is 4.72 Å². The smallest absolute Gasteiger partial charge is 0.379 e. The molecular formula is C16H17F2NO4S. The molecule has 0 aliphatic carbocycles. The summed E-state index contributed by atoms with van der Waals surface area (Å²) in [4.78, 5) is 11.9. The zero-order chi connectivity index (χ0) is 17.7. The predicted octanol–water partition coefficient (Wildman–Crippen LogP) is 3.14. The van der Waals surface area contributed by atoms with Crippen LogP contribution in [-0.2, 0) is 20.5 Å². The Morgan fingerprint density at radius 2 is 2.00 bits per heavy atom. The number of esters is 1. The van der Waals surface area contributed by atoms with Crippen molar-refractivity contribution in [3.8, 4) is 0 Å². The topological polar surface area (TPSA) is 68.5 Å². The van der Waals surface area contributed by atoms with Crippen LogP contribution in [0.5, 0.6) is 0 Å². The van der Waals surface area contributed by atoms with E-state index in [0.717, 1.165) is 5.56 Å². The number of benzene rings is 1. The molecule has 130 valence electrons. The molecule has 0 radical (unpaired) electrons. The lowest BCUT2D eigenvalue weighted by molar-refractivity contribution is -0.176. The molecule has 0 spiro atoms. The molecule has 0 aliphatic rings. The van der Waals surface area contributed by atoms with E-state index in [1.54, 1.807) is 24.3 Å². The Hall–Kier alpha value is -2.06. The van der Waals surface area contributed by atoms with Gasteiger partial charge >= 0.3 is 11.9 Å². The maximum absolute atomic E-state index is 14.4. The van der Waals surface area contributed by atoms with Crippen molar-refractivity contribution >= 4 is 17.0 Å². The summed E-state index contributed by atoms with van der Waals surface area (Å²) >= 11 is 0. The average Bonchev–Trinajstić information content (AvgIpc) is 3.07. The summed E-state index contributed by atoms with van der Waals surface area (Å²) in [5, 5.41) is 0. The van der Waals surface area contributed by atoms with Crippen molar-refractivity contribution in [2.75, 3.05) is 6.61 Å². The number of halogens is 2. The second-order valence-corrected chi connectivity index (χ2v) is 6.24. The Balaban J connectivity index is 2.29. The fraction of sp³-hybridized carbons (Fsp3) is 0.312. The van der Waals surface area contributed by atoms with Gasteiger partial charge in [0.05, 0.1) is 17.8 Å². The Bertz CT molecular complexity index is 701. The van der Waals surface area contributed by atoms with Crippen LogP contribution in [0.3, 0.4) is 0 Å². The van der Waals surface area contributed by atoms with Crippen molar-refractivity contribution in [1.29, 1.82) is 0 Å². The highest BCUT2D eigenvalue weighted by Gasteiger charge is 2.51. The summed E-state index contributed by atoms with van der Waals surface area (Å²) in [5.74, 6) is -5.87. The molecule has 2 rings (SSSR count). The highest BCUT2D eigenvalue weighted by molar-refractivity contribution is 7.83. The summed E-state index contributed by atoms with van der Waals surface area (Å²) in [6, 6.07) is 7.28. The molecule has 24 heavy (non-hydrogen) atoms. The van der Waals surface area contributed by atoms with Gasteiger partial charge in [-0.15, -0.1) is 0 Å². The first-order chi connectivity index (χ1) is 11.4. The summed E-state index contributed by atoms with van der Waals surface area (Å²) in [5.41, 5.74) is 0.940. The standard InChI is InChI=1S/C16H17F2NO4S/c1-3-22-15(20)16(17,18)14(13-5-4-10-23-13)19-24(21)12-8-6-11(2)7-9-12/h4-10,14,19H,3H2,1-2H3/t14-,24?/m0/s1. The van der Waals surface area contributed by atoms with Crippen molar-refractivity contribution in [2.45, 2.75) is 30.7 Å². The van der Waals surface area contributed by atoms with Gasteiger partial charge in [0.25, 0.3) is 0 Å². The van der Waals surface area contributed by atoms with Gasteiger partial charge in [-0.3, -0.25) is 0 Å². The van der Waals surface area contributed by atoms with Gasteiger partial charge in [0.2, 0.25) is 0 Å². The third-order valence-corrected chi connectivity index (χ3v) is 4.35. The predicted molar refractivity (Wildman–Crippen MR) is 83.8 cm³/mol. The zero-order valence-corrected chi connectivity index (χ0v) is 13.9. The Morgan fingerprint density at radius 1 is 1.33 bits per heavy atom. The van der Waals surface area contributed by atoms with E-state index in [-0.39, 0.29) is 12.4 Å². The molecule has 8 heteroatoms. The molecule has 0 amide bonds. The molecular weight excluding hydrogens is 340 g/mol. The third kappa shape index (κ3) is 4.07. The summed E-state index contributed by atoms with van der Waals surface area (Å²) in [6.45, 7) is 3.08. The van der Waals surface area contributed by atoms with E-state index in [2.05, 4.69) is 9.46 Å². The van der Waals surface area contributed by atoms with E-state index in [1.165, 1.54) is 25.3 Å². The van der Waals surface area contributed by atoms with E-state index >= 15 is 0 Å². The number of rotatable bonds is 7. The van der Waals surface area contributed by atoms with Gasteiger partial charge in [-0.25, -0.2) is 13.7 Å². The number of carbonyl (C=O) groups is 1. The maximum Gasteiger partial charge on any atom is 0.379 e. The first-order valence-corrected chi connectivity index (χ1v) is 8.34. The number of alkyl halides is 2. The van der Waals surface area contributed by atoms with Crippen LogP contribution >= 0.6 is 0 Å². The number of hydrogen-bond donors (Lipinski definition) is 1. The molecule has 1 aromatic heterocycles. The van der Waals surface area contributed by atoms with Crippen LogP contribution in [0.1, 0.15) is 24.3 Å². The molecule has 5 nitrogen and oxygen atoms in total. The van der Waals surface area contributed by atoms with E-state index in [4.69, 9.17) is 4.42 Å². The van der Waals surface area contributed by atoms with Gasteiger partial charge in [-0.2, -0.15) is 8.78 Å². The first kappa shape index (κ1) is 18.3. The van der Waals surface area contributed by atoms with Crippen LogP contribution in [0, 0.1) is 6.92 Å². The van der Waals surface area contributed by atoms with Crippen LogP contribution in [-0.4, -0.2) is 22.7 Å². The fourth-order valence-electron chi connectivity index (χ4n) is 1.95. The Labute approximate surface area is 140 Å². The van der Waals surface area contributed by atoms with Crippen molar-refractivity contribution in [3.63, 3.8) is 0 Å². The minimum atomic E-state index is -3.95. The number of aryl methyl sites for hydroxylation is 1. The van der Waals surface area contributed by atoms with Gasteiger partial charge < -0.3 is 9.15 Å². The molecule has 1 aromatic carbocycles. The van der Waals surface area contributed by atoms with Crippen LogP contribution in [0.4, 0.5) is 8.78 Å². The average molecular weight is 357 g/mol. The van der Waals surface area contributed by atoms with E-state index in [0.29, 0.717) is 4.90 Å². The summed E-state index contributed by atoms with van der Waals surface area (Å²) in [7, 11) is -1.97. The quantitative estimate of drug-likeness (QED) is 0.773. The number of carbonyl (C=O) groups excluding carboxylic acids is 1. The van der Waals surface area contributed by atoms with Gasteiger partial charge in [0.15, 0.2) is 6.04 Å². The Kier molecular flexibility index (Phi) is 5.84. The molecule has 0 saturated heterocycles. The second-order valence-electron chi connectivity index (χ2n) is 4.99. The third-order valence-electron chi connectivity index (χ3n) is 3.20. The number of furan rings is 1. The fourth-order valence-corrected chi connectivity index (χ4v) is 2.95. The highest BCUT2D eigenvalue weighted by Crippen LogP contribution is 2.34. The lowest BCUT2D eigenvalue weighted by Gasteiger charge is -2.24. The molecule has 0 aliphatic heterocycles. The van der Waals surface area contributed by atoms with Gasteiger partial charge in [-0.05, 0) is 38.1 Å². The first-order valence-electron chi connectivity index (χ1n) is 7.19. The highest BCUT2D eigenvalue weighted by atomic mass is 32.2. The van der Waals surface area contributed by atoms with Gasteiger partial charge in [-0.1, -0.05) is 17.7 Å². The van der Waals surface area contributed by atoms with E-state index < -0.39 is 28.9 Å². The molecule has 1 heterocycles. The van der Waals surface area contributed by atoms with Crippen LogP contribution in [0.2, 0.25) is 0 Å². The van der Waals surface area contributed by atoms with Crippen LogP contribution in [0.15, 0.2) is 52.0 Å². The van der Waals surface area contributed by atoms with E-state index in [9.17, 15) is 17.8 Å². The summed E-state index contributed by atoms with van der Waals surface area (Å²) in [6.07, 6.45) is 1.19. The SMILES string of the molecule is CCOC(=O)C(F)(F)[C@@H](NS(=O)c1ccc(C)cc1)c1ccco1. The summed E-state index contributed by atoms with van der Waals surface area (Å²) < 4.78 is 52.9. The largest absolute Gasteiger partial charge is 0.467 e. The number of hydrogen-bond acceptors (Lipinski definition) is 4. The van der Waals surface area contributed by atoms with Gasteiger partial charge in [0.1, 0.15) is 16.7 Å². The maximum atomic E-state index is 14.4. The lowest BCUT2D eigenvalue weighted by Crippen LogP contribution is -2.44. The molecule has 0 bridgehead atoms. The molecule has 2 aromatic rings. The van der Waals surface area contributed by atoms with Crippen molar-refractivity contribution in [3.05, 3.63) is 54.0 Å². The minimum Gasteiger partial charge on any atom is -0.467 e.